The van der Waals surface area contributed by atoms with Crippen LogP contribution in [-0.4, -0.2) is 89.0 Å². The Hall–Kier alpha value is -4.16. The van der Waals surface area contributed by atoms with Crippen molar-refractivity contribution in [2.45, 2.75) is 45.3 Å². The van der Waals surface area contributed by atoms with E-state index in [1.807, 2.05) is 31.6 Å². The van der Waals surface area contributed by atoms with Gasteiger partial charge in [-0.25, -0.2) is 4.52 Å². The number of hydrogen-bond donors (Lipinski definition) is 2. The van der Waals surface area contributed by atoms with E-state index in [2.05, 4.69) is 54.7 Å². The second-order valence-electron chi connectivity index (χ2n) is 10.7. The van der Waals surface area contributed by atoms with E-state index >= 15 is 0 Å². The number of hydrogen-bond acceptors (Lipinski definition) is 8. The molecule has 2 N–H and O–H groups in total. The van der Waals surface area contributed by atoms with Gasteiger partial charge in [-0.3, -0.25) is 29.1 Å². The Bertz CT molecular complexity index is 1560. The predicted molar refractivity (Wildman–Crippen MR) is 146 cm³/mol. The molecular weight excluding hydrogens is 496 g/mol. The summed E-state index contributed by atoms with van der Waals surface area (Å²) >= 11 is 0. The number of carbonyl (C=O) groups is 2. The number of piperazine rings is 1. The third-order valence-electron chi connectivity index (χ3n) is 7.69. The Morgan fingerprint density at radius 1 is 1.08 bits per heavy atom. The number of nitrogens with one attached hydrogen (secondary N) is 2. The standard InChI is InChI=1S/C27H32N10O2/c1-16(2)36-14-21-8-22(36)13-35(21)15-25(38)30-20-7-23(17(3)28-10-20)31-27(39)26-24-6-5-18(12-37(24)33-32-26)19-9-29-34(4)11-19/h5-7,9-12,16,21-22H,8,13-15H2,1-4H3,(H,30,38)(H,31,39). The summed E-state index contributed by atoms with van der Waals surface area (Å²) in [5.74, 6) is -0.495. The SMILES string of the molecule is Cc1ncc(NC(=O)CN2CC3CC2CN3C(C)C)cc1NC(=O)c1nnn2cc(-c3cnn(C)c3)ccc12. The lowest BCUT2D eigenvalue weighted by Crippen LogP contribution is -2.50. The van der Waals surface area contributed by atoms with Crippen molar-refractivity contribution in [2.75, 3.05) is 30.3 Å². The van der Waals surface area contributed by atoms with Crippen LogP contribution in [0.3, 0.4) is 0 Å². The van der Waals surface area contributed by atoms with Crippen molar-refractivity contribution in [2.24, 2.45) is 7.05 Å². The molecule has 202 valence electrons. The largest absolute Gasteiger partial charge is 0.324 e. The van der Waals surface area contributed by atoms with E-state index in [0.29, 0.717) is 47.3 Å². The second-order valence-corrected chi connectivity index (χ2v) is 10.7. The van der Waals surface area contributed by atoms with Crippen molar-refractivity contribution in [1.29, 1.82) is 0 Å². The number of aryl methyl sites for hydroxylation is 2. The van der Waals surface area contributed by atoms with Crippen LogP contribution in [0.2, 0.25) is 0 Å². The van der Waals surface area contributed by atoms with Crippen LogP contribution in [0, 0.1) is 6.92 Å². The van der Waals surface area contributed by atoms with Gasteiger partial charge in [-0.05, 0) is 39.3 Å². The lowest BCUT2D eigenvalue weighted by molar-refractivity contribution is -0.117. The molecule has 6 heterocycles. The molecule has 2 fully saturated rings. The molecule has 2 aliphatic rings. The fourth-order valence-electron chi connectivity index (χ4n) is 5.70. The summed E-state index contributed by atoms with van der Waals surface area (Å²) in [5.41, 5.74) is 4.28. The molecule has 39 heavy (non-hydrogen) atoms. The van der Waals surface area contributed by atoms with Crippen LogP contribution in [0.1, 0.15) is 36.5 Å². The second kappa shape index (κ2) is 9.86. The van der Waals surface area contributed by atoms with Crippen molar-refractivity contribution >= 4 is 28.7 Å². The molecule has 12 nitrogen and oxygen atoms in total. The molecule has 0 aliphatic carbocycles. The first-order chi connectivity index (χ1) is 18.7. The van der Waals surface area contributed by atoms with Gasteiger partial charge in [0.2, 0.25) is 5.91 Å². The highest BCUT2D eigenvalue weighted by Crippen LogP contribution is 2.32. The minimum absolute atomic E-state index is 0.0877. The van der Waals surface area contributed by atoms with Crippen molar-refractivity contribution in [3.05, 3.63) is 54.4 Å². The number of carbonyl (C=O) groups excluding carboxylic acids is 2. The van der Waals surface area contributed by atoms with Crippen LogP contribution in [0.4, 0.5) is 11.4 Å². The quantitative estimate of drug-likeness (QED) is 0.374. The Kier molecular flexibility index (Phi) is 6.35. The molecule has 2 saturated heterocycles. The summed E-state index contributed by atoms with van der Waals surface area (Å²) in [4.78, 5) is 35.1. The number of aromatic nitrogens is 6. The minimum atomic E-state index is -0.407. The van der Waals surface area contributed by atoms with E-state index in [9.17, 15) is 9.59 Å². The maximum atomic E-state index is 13.1. The average Bonchev–Trinajstić information content (AvgIpc) is 3.69. The lowest BCUT2D eigenvalue weighted by atomic mass is 10.1. The molecule has 2 bridgehead atoms. The molecule has 4 aromatic rings. The summed E-state index contributed by atoms with van der Waals surface area (Å²) in [7, 11) is 1.86. The van der Waals surface area contributed by atoms with Gasteiger partial charge in [0.15, 0.2) is 5.69 Å². The highest BCUT2D eigenvalue weighted by molar-refractivity contribution is 6.08. The van der Waals surface area contributed by atoms with Crippen molar-refractivity contribution in [3.8, 4) is 11.1 Å². The smallest absolute Gasteiger partial charge is 0.278 e. The summed E-state index contributed by atoms with van der Waals surface area (Å²) in [6.07, 6.45) is 8.21. The van der Waals surface area contributed by atoms with E-state index in [4.69, 9.17) is 0 Å². The average molecular weight is 529 g/mol. The van der Waals surface area contributed by atoms with E-state index in [1.165, 1.54) is 0 Å². The molecule has 2 unspecified atom stereocenters. The van der Waals surface area contributed by atoms with E-state index in [-0.39, 0.29) is 11.6 Å². The van der Waals surface area contributed by atoms with Gasteiger partial charge in [0.25, 0.3) is 5.91 Å². The molecule has 0 saturated carbocycles. The molecule has 0 radical (unpaired) electrons. The topological polar surface area (TPSA) is 126 Å². The molecule has 2 atom stereocenters. The molecule has 0 spiro atoms. The zero-order valence-electron chi connectivity index (χ0n) is 22.5. The van der Waals surface area contributed by atoms with Crippen LogP contribution < -0.4 is 10.6 Å². The first kappa shape index (κ1) is 25.1. The molecule has 6 rings (SSSR count). The molecular formula is C27H32N10O2. The summed E-state index contributed by atoms with van der Waals surface area (Å²) < 4.78 is 3.30. The zero-order valence-corrected chi connectivity index (χ0v) is 22.5. The fraction of sp³-hybridized carbons (Fsp3) is 0.407. The van der Waals surface area contributed by atoms with E-state index in [0.717, 1.165) is 30.6 Å². The molecule has 12 heteroatoms. The lowest BCUT2D eigenvalue weighted by Gasteiger charge is -2.36. The Morgan fingerprint density at radius 2 is 1.92 bits per heavy atom. The monoisotopic (exact) mass is 528 g/mol. The summed E-state index contributed by atoms with van der Waals surface area (Å²) in [6.45, 7) is 8.52. The molecule has 2 aliphatic heterocycles. The van der Waals surface area contributed by atoms with Crippen molar-refractivity contribution < 1.29 is 9.59 Å². The van der Waals surface area contributed by atoms with Gasteiger partial charge in [0.1, 0.15) is 0 Å². The normalized spacial score (nSPS) is 19.3. The van der Waals surface area contributed by atoms with E-state index in [1.54, 1.807) is 34.6 Å². The number of rotatable bonds is 7. The number of fused-ring (bicyclic) bond motifs is 3. The first-order valence-electron chi connectivity index (χ1n) is 13.2. The van der Waals surface area contributed by atoms with Gasteiger partial charge in [-0.15, -0.1) is 5.10 Å². The highest BCUT2D eigenvalue weighted by atomic mass is 16.2. The van der Waals surface area contributed by atoms with Crippen LogP contribution >= 0.6 is 0 Å². The summed E-state index contributed by atoms with van der Waals surface area (Å²) in [5, 5.41) is 18.3. The first-order valence-corrected chi connectivity index (χ1v) is 13.2. The summed E-state index contributed by atoms with van der Waals surface area (Å²) in [6, 6.07) is 6.92. The number of anilines is 2. The third-order valence-corrected chi connectivity index (χ3v) is 7.69. The Labute approximate surface area is 226 Å². The number of pyridine rings is 2. The Balaban J connectivity index is 1.11. The number of amides is 2. The number of nitrogens with zero attached hydrogens (tertiary/aromatic N) is 8. The Morgan fingerprint density at radius 3 is 2.64 bits per heavy atom. The highest BCUT2D eigenvalue weighted by Gasteiger charge is 2.44. The van der Waals surface area contributed by atoms with E-state index < -0.39 is 5.91 Å². The van der Waals surface area contributed by atoms with Crippen molar-refractivity contribution in [1.82, 2.24) is 39.4 Å². The van der Waals surface area contributed by atoms with Gasteiger partial charge in [0.05, 0.1) is 41.5 Å². The van der Waals surface area contributed by atoms with Gasteiger partial charge in [0, 0.05) is 61.8 Å². The zero-order chi connectivity index (χ0) is 27.3. The molecule has 0 aromatic carbocycles. The van der Waals surface area contributed by atoms with Crippen LogP contribution in [0.25, 0.3) is 16.6 Å². The minimum Gasteiger partial charge on any atom is -0.324 e. The molecule has 2 amide bonds. The predicted octanol–water partition coefficient (Wildman–Crippen LogP) is 2.19. The fourth-order valence-corrected chi connectivity index (χ4v) is 5.70. The van der Waals surface area contributed by atoms with Crippen LogP contribution in [-0.2, 0) is 11.8 Å². The maximum Gasteiger partial charge on any atom is 0.278 e. The molecule has 4 aromatic heterocycles. The van der Waals surface area contributed by atoms with Gasteiger partial charge in [-0.2, -0.15) is 5.10 Å². The van der Waals surface area contributed by atoms with Gasteiger partial charge >= 0.3 is 0 Å². The van der Waals surface area contributed by atoms with Gasteiger partial charge < -0.3 is 10.6 Å². The van der Waals surface area contributed by atoms with Crippen LogP contribution in [0.5, 0.6) is 0 Å². The van der Waals surface area contributed by atoms with Crippen LogP contribution in [0.15, 0.2) is 43.0 Å². The third kappa shape index (κ3) is 4.88. The maximum absolute atomic E-state index is 13.1. The van der Waals surface area contributed by atoms with Crippen molar-refractivity contribution in [3.63, 3.8) is 0 Å². The number of likely N-dealkylation sites (tertiary alicyclic amines) is 2. The van der Waals surface area contributed by atoms with Gasteiger partial charge in [-0.1, -0.05) is 11.3 Å².